The summed E-state index contributed by atoms with van der Waals surface area (Å²) >= 11 is 0. The Balaban J connectivity index is 0.00000107. The number of carboxylic acid groups (broad SMARTS) is 1. The van der Waals surface area contributed by atoms with Gasteiger partial charge in [0.1, 0.15) is 18.2 Å². The molecule has 2 aromatic carbocycles. The molecule has 5 rings (SSSR count). The molecule has 0 unspecified atom stereocenters. The van der Waals surface area contributed by atoms with E-state index < -0.39 is 71.5 Å². The van der Waals surface area contributed by atoms with Crippen molar-refractivity contribution < 1.29 is 60.9 Å². The number of aliphatic hydroxyl groups is 1. The van der Waals surface area contributed by atoms with Crippen molar-refractivity contribution in [3.05, 3.63) is 95.8 Å². The predicted molar refractivity (Wildman–Crippen MR) is 211 cm³/mol. The molecular weight excluding hydrogens is 811 g/mol. The van der Waals surface area contributed by atoms with Crippen molar-refractivity contribution in [3.8, 4) is 11.1 Å². The second kappa shape index (κ2) is 20.5. The highest BCUT2D eigenvalue weighted by Crippen LogP contribution is 2.41. The topological polar surface area (TPSA) is 204 Å². The average Bonchev–Trinajstić information content (AvgIpc) is 3.92. The maximum Gasteiger partial charge on any atom is 0.490 e. The van der Waals surface area contributed by atoms with E-state index in [-0.39, 0.29) is 49.5 Å². The number of imide groups is 1. The van der Waals surface area contributed by atoms with Crippen LogP contribution in [0.25, 0.3) is 11.1 Å². The summed E-state index contributed by atoms with van der Waals surface area (Å²) in [5.74, 6) is -6.42. The fourth-order valence-electron chi connectivity index (χ4n) is 7.26. The van der Waals surface area contributed by atoms with Crippen LogP contribution in [0.4, 0.5) is 22.0 Å². The van der Waals surface area contributed by atoms with E-state index in [1.807, 2.05) is 55.7 Å². The van der Waals surface area contributed by atoms with Crippen LogP contribution in [0.5, 0.6) is 0 Å². The lowest BCUT2D eigenvalue weighted by Crippen LogP contribution is -2.49. The van der Waals surface area contributed by atoms with Crippen molar-refractivity contribution >= 4 is 35.5 Å². The van der Waals surface area contributed by atoms with Crippen LogP contribution in [0.15, 0.2) is 72.9 Å². The van der Waals surface area contributed by atoms with Crippen LogP contribution in [0.1, 0.15) is 63.8 Å². The Kier molecular flexibility index (Phi) is 16.1. The summed E-state index contributed by atoms with van der Waals surface area (Å²) in [7, 11) is 0. The van der Waals surface area contributed by atoms with E-state index in [1.165, 1.54) is 17.1 Å². The Morgan fingerprint density at radius 3 is 2.20 bits per heavy atom. The maximum absolute atomic E-state index is 15.0. The van der Waals surface area contributed by atoms with E-state index in [0.717, 1.165) is 28.7 Å². The largest absolute Gasteiger partial charge is 0.490 e. The molecule has 4 atom stereocenters. The lowest BCUT2D eigenvalue weighted by molar-refractivity contribution is -0.192. The minimum absolute atomic E-state index is 0.00331. The standard InChI is InChI=1S/C40H48F2N6O6.C2HF3O2/c1-40(2,3)37(33-20-27(30-21-28(41)10-12-31(30)42)23-46(33)22-25-7-5-4-6-8-25)48(36(52)24-49)17-15-32(43)39(54)45-29-11-9-26(19-29)38(53)44-16-18-47-34(50)13-14-35(47)51;3-2(4,5)1(6)7/h4-8,10,12-14,20-21,23,26,29,32,37,49H,9,11,15-19,22,24,43H2,1-3H3,(H,44,53)(H,45,54);(H,6,7)/t26-,29-,32+,37+;/m1./s1. The summed E-state index contributed by atoms with van der Waals surface area (Å²) in [6, 6.07) is 12.5. The summed E-state index contributed by atoms with van der Waals surface area (Å²) in [5, 5.41) is 22.9. The lowest BCUT2D eigenvalue weighted by atomic mass is 9.82. The second-order valence-electron chi connectivity index (χ2n) is 15.8. The Morgan fingerprint density at radius 2 is 1.61 bits per heavy atom. The number of nitrogens with zero attached hydrogens (tertiary/aromatic N) is 3. The monoisotopic (exact) mass is 860 g/mol. The summed E-state index contributed by atoms with van der Waals surface area (Å²) in [6.45, 7) is 5.54. The quantitative estimate of drug-likeness (QED) is 0.110. The van der Waals surface area contributed by atoms with Crippen molar-refractivity contribution in [2.24, 2.45) is 17.1 Å². The fraction of sp³-hybridized carbons (Fsp3) is 0.429. The number of rotatable bonds is 15. The van der Waals surface area contributed by atoms with Crippen LogP contribution in [0, 0.1) is 23.0 Å². The fourth-order valence-corrected chi connectivity index (χ4v) is 7.26. The summed E-state index contributed by atoms with van der Waals surface area (Å²) < 4.78 is 63.0. The van der Waals surface area contributed by atoms with Gasteiger partial charge in [-0.25, -0.2) is 13.6 Å². The Bertz CT molecular complexity index is 2080. The number of hydrogen-bond acceptors (Lipinski definition) is 8. The second-order valence-corrected chi connectivity index (χ2v) is 15.8. The minimum atomic E-state index is -5.08. The van der Waals surface area contributed by atoms with Crippen molar-refractivity contribution in [3.63, 3.8) is 0 Å². The number of nitrogens with one attached hydrogen (secondary N) is 2. The van der Waals surface area contributed by atoms with Gasteiger partial charge < -0.3 is 36.0 Å². The van der Waals surface area contributed by atoms with Crippen LogP contribution < -0.4 is 16.4 Å². The van der Waals surface area contributed by atoms with E-state index in [2.05, 4.69) is 10.6 Å². The normalized spacial score (nSPS) is 17.4. The molecule has 0 bridgehead atoms. The number of carboxylic acids is 1. The molecule has 6 N–H and O–H groups in total. The third-order valence-corrected chi connectivity index (χ3v) is 10.2. The highest BCUT2D eigenvalue weighted by atomic mass is 19.4. The third kappa shape index (κ3) is 13.0. The highest BCUT2D eigenvalue weighted by molar-refractivity contribution is 6.12. The molecular formula is C42H49F5N6O8. The molecule has 0 spiro atoms. The molecule has 61 heavy (non-hydrogen) atoms. The highest BCUT2D eigenvalue weighted by Gasteiger charge is 2.39. The van der Waals surface area contributed by atoms with E-state index in [1.54, 1.807) is 12.3 Å². The van der Waals surface area contributed by atoms with Crippen molar-refractivity contribution in [1.29, 1.82) is 0 Å². The van der Waals surface area contributed by atoms with E-state index in [0.29, 0.717) is 37.1 Å². The van der Waals surface area contributed by atoms with Crippen LogP contribution in [-0.4, -0.2) is 105 Å². The van der Waals surface area contributed by atoms with Crippen LogP contribution >= 0.6 is 0 Å². The Hall–Kier alpha value is -5.95. The van der Waals surface area contributed by atoms with Gasteiger partial charge >= 0.3 is 12.1 Å². The lowest BCUT2D eigenvalue weighted by Gasteiger charge is -2.41. The molecule has 1 aliphatic heterocycles. The molecule has 2 heterocycles. The van der Waals surface area contributed by atoms with Gasteiger partial charge in [0.2, 0.25) is 17.7 Å². The molecule has 1 fully saturated rings. The molecule has 14 nitrogen and oxygen atoms in total. The number of halogens is 5. The van der Waals surface area contributed by atoms with Gasteiger partial charge in [-0.05, 0) is 60.9 Å². The smallest absolute Gasteiger partial charge is 0.475 e. The number of aliphatic carboxylic acids is 1. The van der Waals surface area contributed by atoms with Crippen molar-refractivity contribution in [2.45, 2.75) is 77.3 Å². The summed E-state index contributed by atoms with van der Waals surface area (Å²) in [6.07, 6.45) is 0.537. The molecule has 1 aliphatic carbocycles. The number of benzene rings is 2. The first kappa shape index (κ1) is 47.7. The number of aliphatic hydroxyl groups excluding tert-OH is 1. The first-order valence-corrected chi connectivity index (χ1v) is 19.4. The van der Waals surface area contributed by atoms with E-state index in [9.17, 15) is 46.6 Å². The van der Waals surface area contributed by atoms with Crippen LogP contribution in [0.3, 0.4) is 0 Å². The van der Waals surface area contributed by atoms with E-state index >= 15 is 4.39 Å². The maximum atomic E-state index is 15.0. The number of carbonyl (C=O) groups excluding carboxylic acids is 5. The van der Waals surface area contributed by atoms with Gasteiger partial charge in [-0.1, -0.05) is 51.1 Å². The van der Waals surface area contributed by atoms with Crippen molar-refractivity contribution in [2.75, 3.05) is 26.2 Å². The van der Waals surface area contributed by atoms with Crippen LogP contribution in [0.2, 0.25) is 0 Å². The molecule has 1 saturated carbocycles. The number of amides is 5. The van der Waals surface area contributed by atoms with Gasteiger partial charge in [0.15, 0.2) is 0 Å². The molecule has 330 valence electrons. The van der Waals surface area contributed by atoms with Gasteiger partial charge in [0.05, 0.1) is 12.1 Å². The summed E-state index contributed by atoms with van der Waals surface area (Å²) in [5.41, 5.74) is 7.77. The van der Waals surface area contributed by atoms with Gasteiger partial charge in [-0.15, -0.1) is 0 Å². The zero-order valence-electron chi connectivity index (χ0n) is 33.8. The molecule has 3 aromatic rings. The first-order valence-electron chi connectivity index (χ1n) is 19.4. The molecule has 5 amide bonds. The molecule has 0 radical (unpaired) electrons. The number of aromatic nitrogens is 1. The first-order chi connectivity index (χ1) is 28.6. The van der Waals surface area contributed by atoms with Gasteiger partial charge in [-0.3, -0.25) is 28.9 Å². The number of carbonyl (C=O) groups is 6. The average molecular weight is 861 g/mol. The van der Waals surface area contributed by atoms with Crippen LogP contribution in [-0.2, 0) is 35.3 Å². The van der Waals surface area contributed by atoms with Gasteiger partial charge in [0.25, 0.3) is 11.8 Å². The zero-order valence-corrected chi connectivity index (χ0v) is 33.8. The van der Waals surface area contributed by atoms with Gasteiger partial charge in [-0.2, -0.15) is 13.2 Å². The van der Waals surface area contributed by atoms with E-state index in [4.69, 9.17) is 15.6 Å². The van der Waals surface area contributed by atoms with Crippen molar-refractivity contribution in [1.82, 2.24) is 25.0 Å². The molecule has 2 aliphatic rings. The molecule has 19 heteroatoms. The Labute approximate surface area is 348 Å². The van der Waals surface area contributed by atoms with Gasteiger partial charge in [0, 0.05) is 73.3 Å². The Morgan fingerprint density at radius 1 is 0.967 bits per heavy atom. The summed E-state index contributed by atoms with van der Waals surface area (Å²) in [4.78, 5) is 74.5. The number of hydrogen-bond donors (Lipinski definition) is 5. The predicted octanol–water partition coefficient (Wildman–Crippen LogP) is 4.07. The number of nitrogens with two attached hydrogens (primary N) is 1. The molecule has 1 aromatic heterocycles. The minimum Gasteiger partial charge on any atom is -0.475 e. The third-order valence-electron chi connectivity index (χ3n) is 10.2. The number of alkyl halides is 3. The zero-order chi connectivity index (χ0) is 45.2. The SMILES string of the molecule is CC(C)(C)[C@H](c1cc(-c2cc(F)ccc2F)cn1Cc1ccccc1)N(CC[C@H](N)C(=O)N[C@@H]1CC[C@@H](C(=O)NCCN2C(=O)C=CC2=O)C1)C(=O)CO.O=C(O)C(F)(F)F. The molecule has 0 saturated heterocycles.